The Hall–Kier alpha value is -2.63. The predicted molar refractivity (Wildman–Crippen MR) is 58.0 cm³/mol. The van der Waals surface area contributed by atoms with Crippen LogP contribution in [0.4, 0.5) is 4.39 Å². The van der Waals surface area contributed by atoms with E-state index in [2.05, 4.69) is 4.84 Å². The molecule has 0 radical (unpaired) electrons. The van der Waals surface area contributed by atoms with Gasteiger partial charge in [-0.25, -0.2) is 9.18 Å². The molecule has 1 aromatic carbocycles. The van der Waals surface area contributed by atoms with Gasteiger partial charge in [-0.05, 0) is 36.4 Å². The second-order valence-corrected chi connectivity index (χ2v) is 3.30. The maximum atomic E-state index is 12.6. The number of hydroxylamine groups is 1. The number of rotatable bonds is 2. The van der Waals surface area contributed by atoms with E-state index < -0.39 is 17.7 Å². The summed E-state index contributed by atoms with van der Waals surface area (Å²) < 4.78 is 17.4. The lowest BCUT2D eigenvalue weighted by atomic mass is 10.2. The lowest BCUT2D eigenvalue weighted by molar-refractivity contribution is 0.0220. The van der Waals surface area contributed by atoms with Crippen LogP contribution < -0.4 is 5.48 Å². The SMILES string of the molecule is O=C(ONC(=O)c1ccco1)c1ccc(F)cc1. The van der Waals surface area contributed by atoms with E-state index in [1.54, 1.807) is 0 Å². The number of carbonyl (C=O) groups excluding carboxylic acids is 2. The molecule has 0 spiro atoms. The Morgan fingerprint density at radius 2 is 1.89 bits per heavy atom. The first-order chi connectivity index (χ1) is 8.66. The van der Waals surface area contributed by atoms with Crippen LogP contribution in [0.2, 0.25) is 0 Å². The minimum atomic E-state index is -0.796. The van der Waals surface area contributed by atoms with Gasteiger partial charge in [0.05, 0.1) is 11.8 Å². The first kappa shape index (κ1) is 11.8. The smallest absolute Gasteiger partial charge is 0.362 e. The number of carbonyl (C=O) groups is 2. The van der Waals surface area contributed by atoms with Crippen LogP contribution in [0.5, 0.6) is 0 Å². The van der Waals surface area contributed by atoms with Crippen molar-refractivity contribution in [3.63, 3.8) is 0 Å². The molecule has 5 nitrogen and oxygen atoms in total. The molecule has 0 saturated heterocycles. The zero-order valence-electron chi connectivity index (χ0n) is 9.05. The third-order valence-corrected chi connectivity index (χ3v) is 2.06. The van der Waals surface area contributed by atoms with Gasteiger partial charge in [0, 0.05) is 0 Å². The van der Waals surface area contributed by atoms with Gasteiger partial charge in [0.15, 0.2) is 5.76 Å². The molecule has 0 bridgehead atoms. The van der Waals surface area contributed by atoms with Crippen LogP contribution in [-0.2, 0) is 4.84 Å². The first-order valence-corrected chi connectivity index (χ1v) is 4.97. The van der Waals surface area contributed by atoms with Gasteiger partial charge in [-0.1, -0.05) is 0 Å². The highest BCUT2D eigenvalue weighted by Crippen LogP contribution is 2.04. The lowest BCUT2D eigenvalue weighted by Crippen LogP contribution is -2.26. The molecule has 1 N–H and O–H groups in total. The van der Waals surface area contributed by atoms with E-state index in [1.807, 2.05) is 5.48 Å². The lowest BCUT2D eigenvalue weighted by Gasteiger charge is -2.03. The molecule has 1 heterocycles. The predicted octanol–water partition coefficient (Wildman–Crippen LogP) is 1.92. The van der Waals surface area contributed by atoms with Crippen molar-refractivity contribution in [2.24, 2.45) is 0 Å². The molecule has 0 aliphatic carbocycles. The van der Waals surface area contributed by atoms with Gasteiger partial charge in [-0.2, -0.15) is 5.48 Å². The summed E-state index contributed by atoms with van der Waals surface area (Å²) in [5.74, 6) is -1.93. The van der Waals surface area contributed by atoms with Crippen LogP contribution in [0.3, 0.4) is 0 Å². The molecule has 1 aromatic heterocycles. The van der Waals surface area contributed by atoms with Gasteiger partial charge < -0.3 is 9.25 Å². The molecule has 0 fully saturated rings. The van der Waals surface area contributed by atoms with Crippen molar-refractivity contribution >= 4 is 11.9 Å². The van der Waals surface area contributed by atoms with Crippen molar-refractivity contribution in [1.82, 2.24) is 5.48 Å². The molecule has 2 rings (SSSR count). The summed E-state index contributed by atoms with van der Waals surface area (Å²) in [6.07, 6.45) is 1.32. The Labute approximate surface area is 101 Å². The largest absolute Gasteiger partial charge is 0.459 e. The van der Waals surface area contributed by atoms with Gasteiger partial charge in [-0.3, -0.25) is 4.79 Å². The molecule has 1 amide bonds. The fraction of sp³-hybridized carbons (Fsp3) is 0. The Morgan fingerprint density at radius 1 is 1.17 bits per heavy atom. The molecule has 92 valence electrons. The van der Waals surface area contributed by atoms with Crippen LogP contribution in [0.25, 0.3) is 0 Å². The van der Waals surface area contributed by atoms with E-state index in [9.17, 15) is 14.0 Å². The minimum Gasteiger partial charge on any atom is -0.459 e. The Bertz CT molecular complexity index is 548. The van der Waals surface area contributed by atoms with Gasteiger partial charge in [0.2, 0.25) is 0 Å². The number of benzene rings is 1. The number of furan rings is 1. The summed E-state index contributed by atoms with van der Waals surface area (Å²) in [4.78, 5) is 27.3. The fourth-order valence-electron chi connectivity index (χ4n) is 1.20. The van der Waals surface area contributed by atoms with Gasteiger partial charge in [0.25, 0.3) is 0 Å². The molecular formula is C12H8FNO4. The van der Waals surface area contributed by atoms with E-state index in [-0.39, 0.29) is 11.3 Å². The number of nitrogens with one attached hydrogen (secondary N) is 1. The Balaban J connectivity index is 1.92. The first-order valence-electron chi connectivity index (χ1n) is 4.97. The molecule has 0 atom stereocenters. The van der Waals surface area contributed by atoms with Crippen molar-refractivity contribution in [1.29, 1.82) is 0 Å². The van der Waals surface area contributed by atoms with E-state index in [0.29, 0.717) is 0 Å². The van der Waals surface area contributed by atoms with Gasteiger partial charge in [0.1, 0.15) is 5.82 Å². The molecule has 0 unspecified atom stereocenters. The average Bonchev–Trinajstić information content (AvgIpc) is 2.90. The standard InChI is InChI=1S/C12H8FNO4/c13-9-5-3-8(4-6-9)12(16)18-14-11(15)10-2-1-7-17-10/h1-7H,(H,14,15). The van der Waals surface area contributed by atoms with Crippen LogP contribution in [0.1, 0.15) is 20.9 Å². The topological polar surface area (TPSA) is 68.5 Å². The van der Waals surface area contributed by atoms with Crippen molar-refractivity contribution in [3.8, 4) is 0 Å². The molecule has 0 aliphatic heterocycles. The summed E-state index contributed by atoms with van der Waals surface area (Å²) in [6.45, 7) is 0. The third kappa shape index (κ3) is 2.73. The number of hydrogen-bond donors (Lipinski definition) is 1. The van der Waals surface area contributed by atoms with E-state index >= 15 is 0 Å². The minimum absolute atomic E-state index is 0.0157. The van der Waals surface area contributed by atoms with Gasteiger partial charge >= 0.3 is 11.9 Å². The second-order valence-electron chi connectivity index (χ2n) is 3.30. The van der Waals surface area contributed by atoms with Crippen molar-refractivity contribution < 1.29 is 23.2 Å². The zero-order chi connectivity index (χ0) is 13.0. The van der Waals surface area contributed by atoms with Gasteiger partial charge in [-0.15, -0.1) is 0 Å². The number of halogens is 1. The summed E-state index contributed by atoms with van der Waals surface area (Å²) in [7, 11) is 0. The summed E-state index contributed by atoms with van der Waals surface area (Å²) in [6, 6.07) is 7.67. The average molecular weight is 249 g/mol. The highest BCUT2D eigenvalue weighted by atomic mass is 19.1. The zero-order valence-corrected chi connectivity index (χ0v) is 9.05. The third-order valence-electron chi connectivity index (χ3n) is 2.06. The molecule has 18 heavy (non-hydrogen) atoms. The molecule has 0 aliphatic rings. The Kier molecular flexibility index (Phi) is 3.38. The number of amides is 1. The number of hydrogen-bond acceptors (Lipinski definition) is 4. The maximum Gasteiger partial charge on any atom is 0.362 e. The van der Waals surface area contributed by atoms with Crippen molar-refractivity contribution in [2.45, 2.75) is 0 Å². The normalized spacial score (nSPS) is 9.83. The molecule has 6 heteroatoms. The second kappa shape index (κ2) is 5.13. The molecule has 2 aromatic rings. The van der Waals surface area contributed by atoms with Crippen LogP contribution >= 0.6 is 0 Å². The quantitative estimate of drug-likeness (QED) is 0.825. The van der Waals surface area contributed by atoms with Crippen LogP contribution in [0.15, 0.2) is 47.1 Å². The van der Waals surface area contributed by atoms with E-state index in [0.717, 1.165) is 12.1 Å². The monoisotopic (exact) mass is 249 g/mol. The summed E-state index contributed by atoms with van der Waals surface area (Å²) in [5, 5.41) is 0. The highest BCUT2D eigenvalue weighted by Gasteiger charge is 2.12. The van der Waals surface area contributed by atoms with Crippen molar-refractivity contribution in [3.05, 3.63) is 59.8 Å². The van der Waals surface area contributed by atoms with Crippen LogP contribution in [-0.4, -0.2) is 11.9 Å². The fourth-order valence-corrected chi connectivity index (χ4v) is 1.20. The molecular weight excluding hydrogens is 241 g/mol. The highest BCUT2D eigenvalue weighted by molar-refractivity contribution is 5.94. The van der Waals surface area contributed by atoms with E-state index in [4.69, 9.17) is 4.42 Å². The van der Waals surface area contributed by atoms with E-state index in [1.165, 1.54) is 30.5 Å². The Morgan fingerprint density at radius 3 is 2.50 bits per heavy atom. The molecule has 0 saturated carbocycles. The summed E-state index contributed by atoms with van der Waals surface area (Å²) >= 11 is 0. The summed E-state index contributed by atoms with van der Waals surface area (Å²) in [5.41, 5.74) is 2.04. The van der Waals surface area contributed by atoms with Crippen LogP contribution in [0, 0.1) is 5.82 Å². The van der Waals surface area contributed by atoms with Crippen molar-refractivity contribution in [2.75, 3.05) is 0 Å². The maximum absolute atomic E-state index is 12.6.